The summed E-state index contributed by atoms with van der Waals surface area (Å²) >= 11 is 0. The molecule has 0 N–H and O–H groups in total. The van der Waals surface area contributed by atoms with Gasteiger partial charge in [0, 0.05) is 0 Å². The van der Waals surface area contributed by atoms with E-state index in [4.69, 9.17) is 4.12 Å². The van der Waals surface area contributed by atoms with E-state index < -0.39 is 18.1 Å². The molecule has 0 heterocycles. The number of rotatable bonds is 4. The molecule has 0 aliphatic heterocycles. The summed E-state index contributed by atoms with van der Waals surface area (Å²) in [6, 6.07) is 30.5. The molecule has 0 amide bonds. The average molecular weight is 359 g/mol. The highest BCUT2D eigenvalue weighted by atomic mass is 28.4. The zero-order valence-electron chi connectivity index (χ0n) is 14.6. The van der Waals surface area contributed by atoms with Crippen LogP contribution in [0, 0.1) is 0 Å². The first-order valence-corrected chi connectivity index (χ1v) is 13.3. The van der Waals surface area contributed by atoms with Crippen LogP contribution in [0.5, 0.6) is 0 Å². The minimum absolute atomic E-state index is 1.31. The van der Waals surface area contributed by atoms with Gasteiger partial charge in [-0.2, -0.15) is 0 Å². The second-order valence-electron chi connectivity index (χ2n) is 6.56. The van der Waals surface area contributed by atoms with Gasteiger partial charge in [0.1, 0.15) is 0 Å². The highest BCUT2D eigenvalue weighted by Crippen LogP contribution is 2.14. The van der Waals surface area contributed by atoms with Gasteiger partial charge in [-0.3, -0.25) is 0 Å². The molecule has 3 heteroatoms. The summed E-state index contributed by atoms with van der Waals surface area (Å²) in [7, 11) is -2.91. The van der Waals surface area contributed by atoms with Crippen molar-refractivity contribution in [2.24, 2.45) is 0 Å². The fraction of sp³-hybridized carbons (Fsp3) is 0.0909. The predicted molar refractivity (Wildman–Crippen MR) is 114 cm³/mol. The third kappa shape index (κ3) is 3.18. The van der Waals surface area contributed by atoms with Crippen LogP contribution >= 0.6 is 0 Å². The van der Waals surface area contributed by atoms with Crippen LogP contribution in [0.25, 0.3) is 21.5 Å². The Hall–Kier alpha value is -2.21. The van der Waals surface area contributed by atoms with Gasteiger partial charge in [-0.25, -0.2) is 0 Å². The molecule has 4 rings (SSSR count). The topological polar surface area (TPSA) is 9.23 Å². The van der Waals surface area contributed by atoms with E-state index in [0.29, 0.717) is 0 Å². The van der Waals surface area contributed by atoms with Crippen molar-refractivity contribution in [1.82, 2.24) is 0 Å². The largest absolute Gasteiger partial charge is 0.453 e. The minimum Gasteiger partial charge on any atom is -0.453 e. The van der Waals surface area contributed by atoms with Crippen LogP contribution in [-0.2, 0) is 4.12 Å². The molecule has 0 spiro atoms. The van der Waals surface area contributed by atoms with Gasteiger partial charge in [-0.05, 0) is 45.0 Å². The van der Waals surface area contributed by atoms with Crippen molar-refractivity contribution in [3.63, 3.8) is 0 Å². The molecule has 0 aromatic heterocycles. The molecule has 4 aromatic carbocycles. The Morgan fingerprint density at radius 3 is 1.40 bits per heavy atom. The van der Waals surface area contributed by atoms with Crippen LogP contribution in [0.3, 0.4) is 0 Å². The Balaban J connectivity index is 1.66. The molecule has 4 aromatic rings. The van der Waals surface area contributed by atoms with Crippen LogP contribution in [0.2, 0.25) is 13.1 Å². The van der Waals surface area contributed by atoms with Crippen molar-refractivity contribution in [2.45, 2.75) is 13.1 Å². The molecule has 0 saturated heterocycles. The van der Waals surface area contributed by atoms with Gasteiger partial charge >= 0.3 is 0 Å². The maximum atomic E-state index is 6.72. The molecule has 0 fully saturated rings. The summed E-state index contributed by atoms with van der Waals surface area (Å²) in [5.74, 6) is 0. The first-order valence-electron chi connectivity index (χ1n) is 8.85. The third-order valence-corrected chi connectivity index (χ3v) is 11.0. The first kappa shape index (κ1) is 16.3. The van der Waals surface area contributed by atoms with Crippen LogP contribution in [0.15, 0.2) is 84.9 Å². The van der Waals surface area contributed by atoms with Crippen LogP contribution < -0.4 is 10.4 Å². The lowest BCUT2D eigenvalue weighted by Gasteiger charge is -2.21. The Bertz CT molecular complexity index is 935. The van der Waals surface area contributed by atoms with E-state index >= 15 is 0 Å². The second-order valence-corrected chi connectivity index (χ2v) is 11.5. The van der Waals surface area contributed by atoms with Crippen LogP contribution in [0.1, 0.15) is 0 Å². The predicted octanol–water partition coefficient (Wildman–Crippen LogP) is 3.83. The van der Waals surface area contributed by atoms with E-state index in [-0.39, 0.29) is 0 Å². The molecule has 0 bridgehead atoms. The highest BCUT2D eigenvalue weighted by Gasteiger charge is 2.18. The summed E-state index contributed by atoms with van der Waals surface area (Å²) in [5, 5.41) is 8.15. The normalized spacial score (nSPS) is 13.8. The standard InChI is InChI=1S/C22H22OSi2/c1-24(21-15-7-11-17-9-3-5-13-19(17)21)23-25(2)22-16-8-12-18-10-4-6-14-20(18)22/h3-16,24-25H,1-2H3. The SMILES string of the molecule is C[SiH](O[SiH](C)c1cccc2ccccc12)c1cccc2ccccc12. The van der Waals surface area contributed by atoms with Crippen molar-refractivity contribution in [3.05, 3.63) is 84.9 Å². The Morgan fingerprint density at radius 1 is 0.520 bits per heavy atom. The lowest BCUT2D eigenvalue weighted by atomic mass is 10.1. The van der Waals surface area contributed by atoms with Gasteiger partial charge < -0.3 is 4.12 Å². The van der Waals surface area contributed by atoms with Crippen LogP contribution in [-0.4, -0.2) is 18.1 Å². The van der Waals surface area contributed by atoms with Gasteiger partial charge in [-0.15, -0.1) is 0 Å². The third-order valence-electron chi connectivity index (χ3n) is 4.93. The fourth-order valence-corrected chi connectivity index (χ4v) is 9.45. The molecule has 0 radical (unpaired) electrons. The quantitative estimate of drug-likeness (QED) is 0.504. The van der Waals surface area contributed by atoms with Gasteiger partial charge in [0.05, 0.1) is 0 Å². The lowest BCUT2D eigenvalue weighted by molar-refractivity contribution is 0.622. The van der Waals surface area contributed by atoms with Gasteiger partial charge in [0.25, 0.3) is 0 Å². The number of hydrogen-bond acceptors (Lipinski definition) is 1. The van der Waals surface area contributed by atoms with Crippen molar-refractivity contribution < 1.29 is 4.12 Å². The van der Waals surface area contributed by atoms with Crippen molar-refractivity contribution in [2.75, 3.05) is 0 Å². The van der Waals surface area contributed by atoms with Gasteiger partial charge in [0.15, 0.2) is 18.1 Å². The molecule has 0 aliphatic rings. The minimum atomic E-state index is -1.46. The summed E-state index contributed by atoms with van der Waals surface area (Å²) in [6.45, 7) is 4.63. The molecule has 2 atom stereocenters. The van der Waals surface area contributed by atoms with E-state index in [1.807, 2.05) is 0 Å². The maximum Gasteiger partial charge on any atom is 0.193 e. The van der Waals surface area contributed by atoms with Crippen LogP contribution in [0.4, 0.5) is 0 Å². The molecule has 1 nitrogen and oxygen atoms in total. The van der Waals surface area contributed by atoms with Crippen molar-refractivity contribution in [3.8, 4) is 0 Å². The summed E-state index contributed by atoms with van der Waals surface area (Å²) in [5.41, 5.74) is 0. The van der Waals surface area contributed by atoms with E-state index in [9.17, 15) is 0 Å². The van der Waals surface area contributed by atoms with E-state index in [1.54, 1.807) is 0 Å². The summed E-state index contributed by atoms with van der Waals surface area (Å²) in [4.78, 5) is 0. The van der Waals surface area contributed by atoms with Gasteiger partial charge in [0.2, 0.25) is 0 Å². The summed E-state index contributed by atoms with van der Waals surface area (Å²) < 4.78 is 6.72. The van der Waals surface area contributed by atoms with E-state index in [1.165, 1.54) is 31.9 Å². The van der Waals surface area contributed by atoms with E-state index in [2.05, 4.69) is 98.0 Å². The Kier molecular flexibility index (Phi) is 4.53. The van der Waals surface area contributed by atoms with Crippen molar-refractivity contribution in [1.29, 1.82) is 0 Å². The lowest BCUT2D eigenvalue weighted by Crippen LogP contribution is -2.41. The fourth-order valence-electron chi connectivity index (χ4n) is 3.66. The second kappa shape index (κ2) is 6.96. The smallest absolute Gasteiger partial charge is 0.193 e. The maximum absolute atomic E-state index is 6.72. The number of benzene rings is 4. The molecule has 0 saturated carbocycles. The molecule has 0 aliphatic carbocycles. The zero-order valence-corrected chi connectivity index (χ0v) is 17.0. The van der Waals surface area contributed by atoms with Crippen molar-refractivity contribution >= 4 is 50.0 Å². The van der Waals surface area contributed by atoms with Gasteiger partial charge in [-0.1, -0.05) is 84.9 Å². The summed E-state index contributed by atoms with van der Waals surface area (Å²) in [6.07, 6.45) is 0. The Morgan fingerprint density at radius 2 is 0.920 bits per heavy atom. The zero-order chi connectivity index (χ0) is 17.2. The molecule has 2 unspecified atom stereocenters. The first-order chi connectivity index (χ1) is 12.2. The van der Waals surface area contributed by atoms with E-state index in [0.717, 1.165) is 0 Å². The number of fused-ring (bicyclic) bond motifs is 2. The molecule has 25 heavy (non-hydrogen) atoms. The monoisotopic (exact) mass is 358 g/mol. The highest BCUT2D eigenvalue weighted by molar-refractivity contribution is 6.81. The average Bonchev–Trinajstić information content (AvgIpc) is 2.67. The molecular weight excluding hydrogens is 336 g/mol. The Labute approximate surface area is 152 Å². The molecule has 124 valence electrons. The number of hydrogen-bond donors (Lipinski definition) is 0. The molecular formula is C22H22OSi2.